The van der Waals surface area contributed by atoms with E-state index >= 15 is 0 Å². The normalized spacial score (nSPS) is 11.8. The van der Waals surface area contributed by atoms with Crippen LogP contribution >= 0.6 is 27.7 Å². The van der Waals surface area contributed by atoms with Gasteiger partial charge in [-0.3, -0.25) is 4.79 Å². The average Bonchev–Trinajstić information content (AvgIpc) is 3.33. The van der Waals surface area contributed by atoms with Crippen molar-refractivity contribution in [3.8, 4) is 5.75 Å². The molecule has 206 valence electrons. The van der Waals surface area contributed by atoms with Crippen LogP contribution in [-0.2, 0) is 24.5 Å². The number of carbonyl (C=O) groups excluding carboxylic acids is 1. The first kappa shape index (κ1) is 29.1. The molecule has 0 aliphatic rings. The zero-order chi connectivity index (χ0) is 28.3. The molecule has 0 bridgehead atoms. The summed E-state index contributed by atoms with van der Waals surface area (Å²) in [4.78, 5) is 12.8. The Labute approximate surface area is 247 Å². The van der Waals surface area contributed by atoms with E-state index in [1.54, 1.807) is 12.3 Å². The smallest absolute Gasteiger partial charge is 0.253 e. The van der Waals surface area contributed by atoms with E-state index in [4.69, 9.17) is 4.74 Å². The molecule has 0 unspecified atom stereocenters. The standard InChI is InChI=1S/C30H31BrN6O2S/c1-4-16-37-28(19-32-26-14-12-21(2)13-15-26)34-36-30(37)40-22(3)29(38)35-33-18-24-9-5-6-11-27(24)39-20-23-8-7-10-25(31)17-23/h4-15,17-18,22,32H,1,16,19-20H2,2-3H3,(H,35,38)/b33-18+/t22-/m1/s1. The number of nitrogens with zero attached hydrogens (tertiary/aromatic N) is 4. The SMILES string of the molecule is C=CCn1c(CNc2ccc(C)cc2)nnc1S[C@H](C)C(=O)N/N=C/c1ccccc1OCc1cccc(Br)c1. The number of nitrogens with one attached hydrogen (secondary N) is 2. The summed E-state index contributed by atoms with van der Waals surface area (Å²) in [5.74, 6) is 1.18. The second-order valence-corrected chi connectivity index (χ2v) is 11.2. The first-order valence-corrected chi connectivity index (χ1v) is 14.4. The molecule has 4 rings (SSSR count). The van der Waals surface area contributed by atoms with Gasteiger partial charge in [0, 0.05) is 22.3 Å². The maximum absolute atomic E-state index is 12.8. The Morgan fingerprint density at radius 1 is 1.15 bits per heavy atom. The van der Waals surface area contributed by atoms with Crippen molar-refractivity contribution in [2.45, 2.75) is 44.0 Å². The highest BCUT2D eigenvalue weighted by atomic mass is 79.9. The molecule has 4 aromatic rings. The maximum atomic E-state index is 12.8. The molecular formula is C30H31BrN6O2S. The van der Waals surface area contributed by atoms with Gasteiger partial charge < -0.3 is 14.6 Å². The van der Waals surface area contributed by atoms with Crippen molar-refractivity contribution in [1.29, 1.82) is 0 Å². The van der Waals surface area contributed by atoms with Crippen molar-refractivity contribution >= 4 is 45.5 Å². The van der Waals surface area contributed by atoms with E-state index in [1.165, 1.54) is 17.3 Å². The fourth-order valence-corrected chi connectivity index (χ4v) is 4.99. The predicted molar refractivity (Wildman–Crippen MR) is 165 cm³/mol. The second-order valence-electron chi connectivity index (χ2n) is 8.97. The Morgan fingerprint density at radius 2 is 1.95 bits per heavy atom. The summed E-state index contributed by atoms with van der Waals surface area (Å²) in [7, 11) is 0. The van der Waals surface area contributed by atoms with Gasteiger partial charge in [0.1, 0.15) is 12.4 Å². The van der Waals surface area contributed by atoms with Gasteiger partial charge in [0.25, 0.3) is 5.91 Å². The summed E-state index contributed by atoms with van der Waals surface area (Å²) < 4.78 is 8.94. The molecule has 1 heterocycles. The quantitative estimate of drug-likeness (QED) is 0.0784. The van der Waals surface area contributed by atoms with Crippen LogP contribution in [0.25, 0.3) is 0 Å². The molecule has 40 heavy (non-hydrogen) atoms. The molecule has 8 nitrogen and oxygen atoms in total. The number of aromatic nitrogens is 3. The van der Waals surface area contributed by atoms with Crippen LogP contribution in [-0.4, -0.2) is 32.1 Å². The minimum Gasteiger partial charge on any atom is -0.488 e. The number of rotatable bonds is 13. The van der Waals surface area contributed by atoms with E-state index < -0.39 is 5.25 Å². The van der Waals surface area contributed by atoms with Gasteiger partial charge in [-0.15, -0.1) is 16.8 Å². The van der Waals surface area contributed by atoms with Crippen LogP contribution in [0.3, 0.4) is 0 Å². The van der Waals surface area contributed by atoms with Gasteiger partial charge in [-0.2, -0.15) is 5.10 Å². The third-order valence-corrected chi connectivity index (χ3v) is 7.41. The molecule has 1 atom stereocenters. The van der Waals surface area contributed by atoms with Gasteiger partial charge >= 0.3 is 0 Å². The van der Waals surface area contributed by atoms with Crippen molar-refractivity contribution in [1.82, 2.24) is 20.2 Å². The lowest BCUT2D eigenvalue weighted by atomic mass is 10.2. The van der Waals surface area contributed by atoms with E-state index in [2.05, 4.69) is 67.6 Å². The molecule has 0 saturated carbocycles. The molecule has 2 N–H and O–H groups in total. The van der Waals surface area contributed by atoms with Crippen LogP contribution in [0.2, 0.25) is 0 Å². The Morgan fingerprint density at radius 3 is 2.73 bits per heavy atom. The number of hydrogen-bond acceptors (Lipinski definition) is 7. The molecule has 1 amide bonds. The molecule has 0 radical (unpaired) electrons. The fraction of sp³-hybridized carbons (Fsp3) is 0.200. The molecule has 0 fully saturated rings. The highest BCUT2D eigenvalue weighted by Gasteiger charge is 2.19. The van der Waals surface area contributed by atoms with Gasteiger partial charge in [-0.1, -0.05) is 75.7 Å². The molecule has 0 spiro atoms. The highest BCUT2D eigenvalue weighted by molar-refractivity contribution is 9.10. The van der Waals surface area contributed by atoms with Crippen molar-refractivity contribution in [3.05, 3.63) is 112 Å². The average molecular weight is 620 g/mol. The molecule has 3 aromatic carbocycles. The predicted octanol–water partition coefficient (Wildman–Crippen LogP) is 6.36. The number of ether oxygens (including phenoxy) is 1. The third-order valence-electron chi connectivity index (χ3n) is 5.84. The van der Waals surface area contributed by atoms with Crippen molar-refractivity contribution in [2.75, 3.05) is 5.32 Å². The number of amides is 1. The largest absolute Gasteiger partial charge is 0.488 e. The van der Waals surface area contributed by atoms with Gasteiger partial charge in [0.2, 0.25) is 0 Å². The zero-order valence-corrected chi connectivity index (χ0v) is 24.8. The lowest BCUT2D eigenvalue weighted by molar-refractivity contribution is -0.120. The summed E-state index contributed by atoms with van der Waals surface area (Å²) in [6.45, 7) is 9.16. The molecule has 0 aliphatic carbocycles. The topological polar surface area (TPSA) is 93.4 Å². The monoisotopic (exact) mass is 618 g/mol. The van der Waals surface area contributed by atoms with Gasteiger partial charge in [-0.05, 0) is 55.8 Å². The number of aryl methyl sites for hydroxylation is 1. The zero-order valence-electron chi connectivity index (χ0n) is 22.4. The summed E-state index contributed by atoms with van der Waals surface area (Å²) >= 11 is 4.80. The number of para-hydroxylation sites is 1. The minimum absolute atomic E-state index is 0.249. The summed E-state index contributed by atoms with van der Waals surface area (Å²) in [5.41, 5.74) is 6.62. The van der Waals surface area contributed by atoms with E-state index in [9.17, 15) is 4.79 Å². The highest BCUT2D eigenvalue weighted by Crippen LogP contribution is 2.23. The van der Waals surface area contributed by atoms with Crippen molar-refractivity contribution < 1.29 is 9.53 Å². The van der Waals surface area contributed by atoms with Crippen LogP contribution in [0.15, 0.2) is 100 Å². The second kappa shape index (κ2) is 14.5. The van der Waals surface area contributed by atoms with Crippen molar-refractivity contribution in [2.24, 2.45) is 5.10 Å². The number of anilines is 1. The number of benzene rings is 3. The molecule has 0 saturated heterocycles. The minimum atomic E-state index is -0.453. The lowest BCUT2D eigenvalue weighted by Crippen LogP contribution is -2.27. The van der Waals surface area contributed by atoms with E-state index in [1.807, 2.05) is 72.2 Å². The molecule has 0 aliphatic heterocycles. The lowest BCUT2D eigenvalue weighted by Gasteiger charge is -2.12. The number of halogens is 1. The van der Waals surface area contributed by atoms with Gasteiger partial charge in [0.05, 0.1) is 18.0 Å². The fourth-order valence-electron chi connectivity index (χ4n) is 3.68. The van der Waals surface area contributed by atoms with Crippen LogP contribution < -0.4 is 15.5 Å². The number of carbonyl (C=O) groups is 1. The van der Waals surface area contributed by atoms with Crippen LogP contribution in [0.5, 0.6) is 5.75 Å². The Hall–Kier alpha value is -3.89. The summed E-state index contributed by atoms with van der Waals surface area (Å²) in [6.07, 6.45) is 3.37. The Balaban J connectivity index is 1.34. The molecule has 1 aromatic heterocycles. The van der Waals surface area contributed by atoms with Crippen LogP contribution in [0, 0.1) is 6.92 Å². The van der Waals surface area contributed by atoms with Gasteiger partial charge in [0.15, 0.2) is 11.0 Å². The van der Waals surface area contributed by atoms with E-state index in [-0.39, 0.29) is 5.91 Å². The van der Waals surface area contributed by atoms with Gasteiger partial charge in [-0.25, -0.2) is 5.43 Å². The van der Waals surface area contributed by atoms with E-state index in [0.717, 1.165) is 27.1 Å². The maximum Gasteiger partial charge on any atom is 0.253 e. The number of hydrogen-bond donors (Lipinski definition) is 2. The first-order valence-electron chi connectivity index (χ1n) is 12.7. The number of thioether (sulfide) groups is 1. The summed E-state index contributed by atoms with van der Waals surface area (Å²) in [5, 5.41) is 16.4. The first-order chi connectivity index (χ1) is 19.4. The van der Waals surface area contributed by atoms with E-state index in [0.29, 0.717) is 30.6 Å². The Kier molecular flexibility index (Phi) is 10.5. The third kappa shape index (κ3) is 8.30. The summed E-state index contributed by atoms with van der Waals surface area (Å²) in [6, 6.07) is 23.7. The number of hydrazone groups is 1. The number of allylic oxidation sites excluding steroid dienone is 1. The van der Waals surface area contributed by atoms with Crippen LogP contribution in [0.4, 0.5) is 5.69 Å². The van der Waals surface area contributed by atoms with Crippen LogP contribution in [0.1, 0.15) is 29.4 Å². The molecular weight excluding hydrogens is 588 g/mol. The Bertz CT molecular complexity index is 1470. The molecule has 10 heteroatoms. The van der Waals surface area contributed by atoms with Crippen molar-refractivity contribution in [3.63, 3.8) is 0 Å².